The zero-order valence-corrected chi connectivity index (χ0v) is 12.5. The third kappa shape index (κ3) is 3.64. The van der Waals surface area contributed by atoms with Crippen molar-refractivity contribution in [2.75, 3.05) is 33.7 Å². The Bertz CT molecular complexity index is 487. The molecule has 1 heterocycles. The Labute approximate surface area is 120 Å². The van der Waals surface area contributed by atoms with Gasteiger partial charge in [0, 0.05) is 31.1 Å². The summed E-state index contributed by atoms with van der Waals surface area (Å²) in [7, 11) is 4.18. The van der Waals surface area contributed by atoms with Crippen LogP contribution in [0.2, 0.25) is 0 Å². The van der Waals surface area contributed by atoms with Crippen LogP contribution in [0.4, 0.5) is 4.39 Å². The van der Waals surface area contributed by atoms with E-state index < -0.39 is 0 Å². The average Bonchev–Trinajstić information content (AvgIpc) is 2.88. The SMILES string of the molecule is Cc1ccc(C(=O)CCN2CCC(N(C)C)C2)cc1F. The van der Waals surface area contributed by atoms with Gasteiger partial charge in [-0.3, -0.25) is 4.79 Å². The van der Waals surface area contributed by atoms with Crippen molar-refractivity contribution in [1.29, 1.82) is 0 Å². The van der Waals surface area contributed by atoms with E-state index in [2.05, 4.69) is 23.9 Å². The van der Waals surface area contributed by atoms with Crippen LogP contribution in [-0.2, 0) is 0 Å². The molecule has 1 fully saturated rings. The maximum atomic E-state index is 13.5. The molecule has 0 aromatic heterocycles. The molecule has 1 unspecified atom stereocenters. The van der Waals surface area contributed by atoms with Crippen LogP contribution >= 0.6 is 0 Å². The lowest BCUT2D eigenvalue weighted by atomic mass is 10.1. The standard InChI is InChI=1S/C16H23FN2O/c1-12-4-5-13(10-15(12)17)16(20)7-9-19-8-6-14(11-19)18(2)3/h4-5,10,14H,6-9,11H2,1-3H3. The second-order valence-electron chi connectivity index (χ2n) is 5.84. The molecular weight excluding hydrogens is 255 g/mol. The summed E-state index contributed by atoms with van der Waals surface area (Å²) in [5.74, 6) is -0.276. The molecule has 3 nitrogen and oxygen atoms in total. The summed E-state index contributed by atoms with van der Waals surface area (Å²) in [6.45, 7) is 4.52. The van der Waals surface area contributed by atoms with Crippen LogP contribution in [0.15, 0.2) is 18.2 Å². The molecule has 0 spiro atoms. The number of carbonyl (C=O) groups is 1. The molecule has 1 aromatic rings. The Morgan fingerprint density at radius 2 is 2.20 bits per heavy atom. The smallest absolute Gasteiger partial charge is 0.164 e. The number of ketones is 1. The molecule has 2 rings (SSSR count). The Kier molecular flexibility index (Phi) is 4.89. The van der Waals surface area contributed by atoms with Gasteiger partial charge in [-0.15, -0.1) is 0 Å². The van der Waals surface area contributed by atoms with Gasteiger partial charge in [-0.2, -0.15) is 0 Å². The molecule has 4 heteroatoms. The highest BCUT2D eigenvalue weighted by Crippen LogP contribution is 2.15. The van der Waals surface area contributed by atoms with Crippen LogP contribution in [-0.4, -0.2) is 55.4 Å². The normalized spacial score (nSPS) is 19.8. The second kappa shape index (κ2) is 6.46. The van der Waals surface area contributed by atoms with Gasteiger partial charge >= 0.3 is 0 Å². The van der Waals surface area contributed by atoms with Gasteiger partial charge in [0.25, 0.3) is 0 Å². The Hall–Kier alpha value is -1.26. The maximum Gasteiger partial charge on any atom is 0.164 e. The van der Waals surface area contributed by atoms with Gasteiger partial charge in [0.2, 0.25) is 0 Å². The van der Waals surface area contributed by atoms with Crippen LogP contribution in [0.25, 0.3) is 0 Å². The van der Waals surface area contributed by atoms with Crippen LogP contribution in [0.3, 0.4) is 0 Å². The molecule has 0 aliphatic carbocycles. The summed E-state index contributed by atoms with van der Waals surface area (Å²) >= 11 is 0. The van der Waals surface area contributed by atoms with E-state index in [0.29, 0.717) is 23.6 Å². The highest BCUT2D eigenvalue weighted by Gasteiger charge is 2.24. The van der Waals surface area contributed by atoms with Gasteiger partial charge in [-0.25, -0.2) is 4.39 Å². The molecule has 1 saturated heterocycles. The summed E-state index contributed by atoms with van der Waals surface area (Å²) in [5.41, 5.74) is 1.06. The van der Waals surface area contributed by atoms with Gasteiger partial charge in [0.1, 0.15) is 5.82 Å². The first-order valence-corrected chi connectivity index (χ1v) is 7.15. The van der Waals surface area contributed by atoms with Gasteiger partial charge in [-0.05, 0) is 45.6 Å². The fourth-order valence-electron chi connectivity index (χ4n) is 2.61. The van der Waals surface area contributed by atoms with E-state index in [9.17, 15) is 9.18 Å². The van der Waals surface area contributed by atoms with Crippen molar-refractivity contribution in [3.63, 3.8) is 0 Å². The topological polar surface area (TPSA) is 23.6 Å². The summed E-state index contributed by atoms with van der Waals surface area (Å²) in [5, 5.41) is 0. The first-order valence-electron chi connectivity index (χ1n) is 7.15. The molecular formula is C16H23FN2O. The number of likely N-dealkylation sites (N-methyl/N-ethyl adjacent to an activating group) is 1. The number of hydrogen-bond donors (Lipinski definition) is 0. The quantitative estimate of drug-likeness (QED) is 0.772. The minimum atomic E-state index is -0.301. The van der Waals surface area contributed by atoms with Crippen LogP contribution in [0.5, 0.6) is 0 Å². The van der Waals surface area contributed by atoms with Gasteiger partial charge in [-0.1, -0.05) is 12.1 Å². The number of halogens is 1. The fraction of sp³-hybridized carbons (Fsp3) is 0.562. The first kappa shape index (κ1) is 15.1. The first-order chi connectivity index (χ1) is 9.47. The van der Waals surface area contributed by atoms with E-state index in [0.717, 1.165) is 26.1 Å². The molecule has 1 aromatic carbocycles. The van der Waals surface area contributed by atoms with E-state index in [1.54, 1.807) is 19.1 Å². The van der Waals surface area contributed by atoms with E-state index >= 15 is 0 Å². The fourth-order valence-corrected chi connectivity index (χ4v) is 2.61. The van der Waals surface area contributed by atoms with Crippen LogP contribution in [0, 0.1) is 12.7 Å². The molecule has 20 heavy (non-hydrogen) atoms. The number of aryl methyl sites for hydroxylation is 1. The predicted octanol–water partition coefficient (Wildman–Crippen LogP) is 2.34. The Morgan fingerprint density at radius 3 is 2.80 bits per heavy atom. The number of rotatable bonds is 5. The Morgan fingerprint density at radius 1 is 1.45 bits per heavy atom. The van der Waals surface area contributed by atoms with Crippen LogP contribution < -0.4 is 0 Å². The molecule has 0 radical (unpaired) electrons. The molecule has 0 saturated carbocycles. The second-order valence-corrected chi connectivity index (χ2v) is 5.84. The summed E-state index contributed by atoms with van der Waals surface area (Å²) in [6, 6.07) is 5.32. The number of nitrogens with zero attached hydrogens (tertiary/aromatic N) is 2. The minimum Gasteiger partial charge on any atom is -0.305 e. The van der Waals surface area contributed by atoms with Crippen molar-refractivity contribution in [2.45, 2.75) is 25.8 Å². The molecule has 1 aliphatic heterocycles. The predicted molar refractivity (Wildman–Crippen MR) is 78.6 cm³/mol. The summed E-state index contributed by atoms with van der Waals surface area (Å²) < 4.78 is 13.5. The van der Waals surface area contributed by atoms with Crippen LogP contribution in [0.1, 0.15) is 28.8 Å². The minimum absolute atomic E-state index is 0.0252. The van der Waals surface area contributed by atoms with Crippen molar-refractivity contribution in [1.82, 2.24) is 9.80 Å². The highest BCUT2D eigenvalue weighted by atomic mass is 19.1. The van der Waals surface area contributed by atoms with Gasteiger partial charge in [0.05, 0.1) is 0 Å². The lowest BCUT2D eigenvalue weighted by molar-refractivity contribution is 0.0967. The number of Topliss-reactive ketones (excluding diaryl/α,β-unsaturated/α-hetero) is 1. The van der Waals surface area contributed by atoms with Crippen molar-refractivity contribution in [3.8, 4) is 0 Å². The number of hydrogen-bond acceptors (Lipinski definition) is 3. The molecule has 1 atom stereocenters. The van der Waals surface area contributed by atoms with Gasteiger partial charge in [0.15, 0.2) is 5.78 Å². The monoisotopic (exact) mass is 278 g/mol. The highest BCUT2D eigenvalue weighted by molar-refractivity contribution is 5.96. The molecule has 1 aliphatic rings. The van der Waals surface area contributed by atoms with Crippen molar-refractivity contribution in [2.24, 2.45) is 0 Å². The number of likely N-dealkylation sites (tertiary alicyclic amines) is 1. The third-order valence-corrected chi connectivity index (χ3v) is 4.13. The molecule has 0 bridgehead atoms. The largest absolute Gasteiger partial charge is 0.305 e. The molecule has 0 amide bonds. The van der Waals surface area contributed by atoms with E-state index in [4.69, 9.17) is 0 Å². The third-order valence-electron chi connectivity index (χ3n) is 4.13. The van der Waals surface area contributed by atoms with E-state index in [1.807, 2.05) is 0 Å². The van der Waals surface area contributed by atoms with Crippen molar-refractivity contribution >= 4 is 5.78 Å². The molecule has 0 N–H and O–H groups in total. The lowest BCUT2D eigenvalue weighted by Crippen LogP contribution is -2.32. The Balaban J connectivity index is 1.85. The lowest BCUT2D eigenvalue weighted by Gasteiger charge is -2.20. The average molecular weight is 278 g/mol. The summed E-state index contributed by atoms with van der Waals surface area (Å²) in [4.78, 5) is 16.6. The summed E-state index contributed by atoms with van der Waals surface area (Å²) in [6.07, 6.45) is 1.61. The zero-order valence-electron chi connectivity index (χ0n) is 12.5. The zero-order chi connectivity index (χ0) is 14.7. The molecule has 110 valence electrons. The maximum absolute atomic E-state index is 13.5. The number of carbonyl (C=O) groups excluding carboxylic acids is 1. The van der Waals surface area contributed by atoms with Crippen molar-refractivity contribution < 1.29 is 9.18 Å². The van der Waals surface area contributed by atoms with Crippen molar-refractivity contribution in [3.05, 3.63) is 35.1 Å². The van der Waals surface area contributed by atoms with E-state index in [1.165, 1.54) is 6.07 Å². The number of benzene rings is 1. The van der Waals surface area contributed by atoms with Gasteiger partial charge < -0.3 is 9.80 Å². The van der Waals surface area contributed by atoms with E-state index in [-0.39, 0.29) is 11.6 Å².